The second kappa shape index (κ2) is 6.40. The highest BCUT2D eigenvalue weighted by atomic mass is 16.5. The van der Waals surface area contributed by atoms with Gasteiger partial charge in [-0.25, -0.2) is 0 Å². The van der Waals surface area contributed by atoms with Gasteiger partial charge >= 0.3 is 0 Å². The quantitative estimate of drug-likeness (QED) is 0.778. The van der Waals surface area contributed by atoms with Crippen molar-refractivity contribution >= 4 is 0 Å². The van der Waals surface area contributed by atoms with Crippen LogP contribution in [0.2, 0.25) is 0 Å². The molecule has 0 aromatic carbocycles. The monoisotopic (exact) mass is 232 g/mol. The highest BCUT2D eigenvalue weighted by molar-refractivity contribution is 5.03. The van der Waals surface area contributed by atoms with E-state index in [9.17, 15) is 0 Å². The molecule has 17 heavy (non-hydrogen) atoms. The number of hydrogen-bond acceptors (Lipinski definition) is 3. The zero-order valence-electron chi connectivity index (χ0n) is 10.4. The Hall–Kier alpha value is -1.35. The largest absolute Gasteiger partial charge is 0.497 e. The molecule has 0 saturated heterocycles. The summed E-state index contributed by atoms with van der Waals surface area (Å²) in [5, 5.41) is 0. The highest BCUT2D eigenvalue weighted by Gasteiger charge is 2.13. The van der Waals surface area contributed by atoms with Crippen LogP contribution in [0, 0.1) is 0 Å². The van der Waals surface area contributed by atoms with E-state index >= 15 is 0 Å². The average molecular weight is 232 g/mol. The van der Waals surface area contributed by atoms with Gasteiger partial charge in [0.25, 0.3) is 0 Å². The van der Waals surface area contributed by atoms with Crippen molar-refractivity contribution in [2.75, 3.05) is 20.1 Å². The summed E-state index contributed by atoms with van der Waals surface area (Å²) in [6, 6.07) is 6.07. The Morgan fingerprint density at radius 1 is 1.47 bits per heavy atom. The second-order valence-corrected chi connectivity index (χ2v) is 4.54. The van der Waals surface area contributed by atoms with Crippen LogP contribution in [0.3, 0.4) is 0 Å². The number of rotatable bonds is 5. The lowest BCUT2D eigenvalue weighted by Gasteiger charge is -2.25. The summed E-state index contributed by atoms with van der Waals surface area (Å²) in [5.74, 6) is 0. The van der Waals surface area contributed by atoms with Crippen LogP contribution in [0.1, 0.15) is 18.5 Å². The Bertz CT molecular complexity index is 350. The Kier molecular flexibility index (Phi) is 4.56. The van der Waals surface area contributed by atoms with E-state index in [1.807, 2.05) is 24.6 Å². The zero-order chi connectivity index (χ0) is 11.9. The highest BCUT2D eigenvalue weighted by Crippen LogP contribution is 2.11. The molecule has 0 aliphatic carbocycles. The molecule has 1 aromatic heterocycles. The Morgan fingerprint density at radius 2 is 2.41 bits per heavy atom. The van der Waals surface area contributed by atoms with Crippen molar-refractivity contribution in [3.05, 3.63) is 42.4 Å². The minimum atomic E-state index is 0.355. The van der Waals surface area contributed by atoms with E-state index in [1.54, 1.807) is 0 Å². The maximum absolute atomic E-state index is 5.56. The molecule has 1 aromatic rings. The second-order valence-electron chi connectivity index (χ2n) is 4.54. The maximum Gasteiger partial charge on any atom is 0.111 e. The fourth-order valence-corrected chi connectivity index (χ4v) is 2.01. The third kappa shape index (κ3) is 4.19. The average Bonchev–Trinajstić information content (AvgIpc) is 2.39. The van der Waals surface area contributed by atoms with Gasteiger partial charge in [-0.15, -0.1) is 0 Å². The van der Waals surface area contributed by atoms with E-state index < -0.39 is 0 Å². The number of likely N-dealkylation sites (N-methyl/N-ethyl adjacent to an activating group) is 1. The smallest absolute Gasteiger partial charge is 0.111 e. The van der Waals surface area contributed by atoms with Gasteiger partial charge in [-0.2, -0.15) is 0 Å². The first kappa shape index (κ1) is 12.1. The maximum atomic E-state index is 5.56. The minimum Gasteiger partial charge on any atom is -0.497 e. The topological polar surface area (TPSA) is 25.4 Å². The molecule has 92 valence electrons. The summed E-state index contributed by atoms with van der Waals surface area (Å²) in [6.07, 6.45) is 9.40. The lowest BCUT2D eigenvalue weighted by Crippen LogP contribution is -2.32. The Morgan fingerprint density at radius 3 is 3.12 bits per heavy atom. The molecular weight excluding hydrogens is 212 g/mol. The van der Waals surface area contributed by atoms with Crippen LogP contribution in [-0.2, 0) is 11.2 Å². The predicted octanol–water partition coefficient (Wildman–Crippen LogP) is 2.25. The first-order chi connectivity index (χ1) is 8.34. The van der Waals surface area contributed by atoms with Crippen LogP contribution in [-0.4, -0.2) is 36.1 Å². The first-order valence-corrected chi connectivity index (χ1v) is 6.23. The molecule has 0 radical (unpaired) electrons. The zero-order valence-corrected chi connectivity index (χ0v) is 10.4. The summed E-state index contributed by atoms with van der Waals surface area (Å²) in [6.45, 7) is 2.03. The van der Waals surface area contributed by atoms with Gasteiger partial charge in [0.15, 0.2) is 0 Å². The SMILES string of the molecule is CN(CCc1ccccn1)C[C@H]1CCC=CO1. The van der Waals surface area contributed by atoms with Crippen LogP contribution in [0.4, 0.5) is 0 Å². The fraction of sp³-hybridized carbons (Fsp3) is 0.500. The van der Waals surface area contributed by atoms with E-state index in [2.05, 4.69) is 29.1 Å². The summed E-state index contributed by atoms with van der Waals surface area (Å²) in [5.41, 5.74) is 1.16. The van der Waals surface area contributed by atoms with Crippen molar-refractivity contribution in [1.29, 1.82) is 0 Å². The van der Waals surface area contributed by atoms with Gasteiger partial charge in [-0.3, -0.25) is 4.98 Å². The first-order valence-electron chi connectivity index (χ1n) is 6.23. The number of aromatic nitrogens is 1. The molecular formula is C14H20N2O. The van der Waals surface area contributed by atoms with E-state index in [-0.39, 0.29) is 0 Å². The molecule has 1 aliphatic heterocycles. The molecule has 3 nitrogen and oxygen atoms in total. The van der Waals surface area contributed by atoms with Crippen molar-refractivity contribution < 1.29 is 4.74 Å². The van der Waals surface area contributed by atoms with Crippen LogP contribution in [0.5, 0.6) is 0 Å². The van der Waals surface area contributed by atoms with E-state index in [1.165, 1.54) is 0 Å². The van der Waals surface area contributed by atoms with Gasteiger partial charge in [0.05, 0.1) is 6.26 Å². The van der Waals surface area contributed by atoms with E-state index in [0.29, 0.717) is 6.10 Å². The summed E-state index contributed by atoms with van der Waals surface area (Å²) >= 11 is 0. The van der Waals surface area contributed by atoms with Gasteiger partial charge in [-0.1, -0.05) is 6.07 Å². The van der Waals surface area contributed by atoms with Gasteiger partial charge in [0.2, 0.25) is 0 Å². The molecule has 0 bridgehead atoms. The van der Waals surface area contributed by atoms with Gasteiger partial charge < -0.3 is 9.64 Å². The van der Waals surface area contributed by atoms with Gasteiger partial charge in [-0.05, 0) is 38.1 Å². The van der Waals surface area contributed by atoms with Crippen molar-refractivity contribution in [3.8, 4) is 0 Å². The number of hydrogen-bond donors (Lipinski definition) is 0. The predicted molar refractivity (Wildman–Crippen MR) is 68.7 cm³/mol. The summed E-state index contributed by atoms with van der Waals surface area (Å²) in [4.78, 5) is 6.65. The molecule has 2 heterocycles. The molecule has 0 fully saturated rings. The molecule has 3 heteroatoms. The number of allylic oxidation sites excluding steroid dienone is 1. The summed E-state index contributed by atoms with van der Waals surface area (Å²) < 4.78 is 5.56. The molecule has 0 saturated carbocycles. The molecule has 0 spiro atoms. The van der Waals surface area contributed by atoms with Crippen molar-refractivity contribution in [3.63, 3.8) is 0 Å². The van der Waals surface area contributed by atoms with E-state index in [0.717, 1.165) is 38.0 Å². The number of pyridine rings is 1. The van der Waals surface area contributed by atoms with Crippen molar-refractivity contribution in [2.45, 2.75) is 25.4 Å². The molecule has 1 aliphatic rings. The number of nitrogens with zero attached hydrogens (tertiary/aromatic N) is 2. The Balaban J connectivity index is 1.70. The molecule has 2 rings (SSSR count). The van der Waals surface area contributed by atoms with Crippen molar-refractivity contribution in [1.82, 2.24) is 9.88 Å². The van der Waals surface area contributed by atoms with E-state index in [4.69, 9.17) is 4.74 Å². The molecule has 1 atom stereocenters. The fourth-order valence-electron chi connectivity index (χ4n) is 2.01. The van der Waals surface area contributed by atoms with Gasteiger partial charge in [0.1, 0.15) is 6.10 Å². The minimum absolute atomic E-state index is 0.355. The third-order valence-corrected chi connectivity index (χ3v) is 3.01. The third-order valence-electron chi connectivity index (χ3n) is 3.01. The van der Waals surface area contributed by atoms with Gasteiger partial charge in [0, 0.05) is 31.4 Å². The number of ether oxygens (including phenoxy) is 1. The normalized spacial score (nSPS) is 19.3. The van der Waals surface area contributed by atoms with Crippen molar-refractivity contribution in [2.24, 2.45) is 0 Å². The molecule has 0 unspecified atom stereocenters. The Labute approximate surface area is 103 Å². The van der Waals surface area contributed by atoms with Crippen LogP contribution in [0.25, 0.3) is 0 Å². The lowest BCUT2D eigenvalue weighted by atomic mass is 10.1. The molecule has 0 amide bonds. The molecule has 0 N–H and O–H groups in total. The lowest BCUT2D eigenvalue weighted by molar-refractivity contribution is 0.0885. The van der Waals surface area contributed by atoms with Crippen LogP contribution in [0.15, 0.2) is 36.7 Å². The van der Waals surface area contributed by atoms with Crippen LogP contribution < -0.4 is 0 Å². The summed E-state index contributed by atoms with van der Waals surface area (Å²) in [7, 11) is 2.14. The van der Waals surface area contributed by atoms with Crippen LogP contribution >= 0.6 is 0 Å². The standard InChI is InChI=1S/C14H20N2O/c1-16(12-14-7-3-5-11-17-14)10-8-13-6-2-4-9-15-13/h2,4-6,9,11,14H,3,7-8,10,12H2,1H3/t14-/m1/s1.